The van der Waals surface area contributed by atoms with Crippen molar-refractivity contribution in [2.75, 3.05) is 0 Å². The lowest BCUT2D eigenvalue weighted by molar-refractivity contribution is 0.384. The van der Waals surface area contributed by atoms with Gasteiger partial charge >= 0.3 is 0 Å². The summed E-state index contributed by atoms with van der Waals surface area (Å²) >= 11 is 1.55. The summed E-state index contributed by atoms with van der Waals surface area (Å²) in [5.41, 5.74) is 3.16. The number of aromatic nitrogens is 5. The zero-order chi connectivity index (χ0) is 16.5. The molecule has 0 N–H and O–H groups in total. The molecule has 0 aliphatic carbocycles. The lowest BCUT2D eigenvalue weighted by atomic mass is 10.1. The number of nitrogens with zero attached hydrogens (tertiary/aromatic N) is 5. The molecule has 3 heterocycles. The summed E-state index contributed by atoms with van der Waals surface area (Å²) in [4.78, 5) is 4.40. The van der Waals surface area contributed by atoms with Crippen LogP contribution in [0.2, 0.25) is 0 Å². The normalized spacial score (nSPS) is 11.6. The highest BCUT2D eigenvalue weighted by Crippen LogP contribution is 2.27. The summed E-state index contributed by atoms with van der Waals surface area (Å²) in [6.45, 7) is 4.19. The summed E-state index contributed by atoms with van der Waals surface area (Å²) in [6, 6.07) is 10.4. The third kappa shape index (κ3) is 2.65. The Morgan fingerprint density at radius 3 is 2.96 bits per heavy atom. The molecule has 0 aliphatic rings. The molecule has 0 unspecified atom stereocenters. The second-order valence-electron chi connectivity index (χ2n) is 5.66. The quantitative estimate of drug-likeness (QED) is 0.515. The molecular weight excluding hydrogens is 322 g/mol. The van der Waals surface area contributed by atoms with Gasteiger partial charge in [0.05, 0.1) is 11.3 Å². The molecule has 1 aromatic carbocycles. The molecule has 7 heteroatoms. The largest absolute Gasteiger partial charge is 0.338 e. The van der Waals surface area contributed by atoms with E-state index in [1.807, 2.05) is 12.1 Å². The molecule has 0 bridgehead atoms. The van der Waals surface area contributed by atoms with Gasteiger partial charge in [0.2, 0.25) is 5.89 Å². The van der Waals surface area contributed by atoms with Crippen molar-refractivity contribution in [1.29, 1.82) is 0 Å². The third-order valence-electron chi connectivity index (χ3n) is 3.88. The molecule has 0 saturated carbocycles. The topological polar surface area (TPSA) is 69.1 Å². The smallest absolute Gasteiger partial charge is 0.237 e. The number of rotatable bonds is 5. The number of fused-ring (bicyclic) bond motifs is 3. The minimum Gasteiger partial charge on any atom is -0.338 e. The van der Waals surface area contributed by atoms with Crippen LogP contribution >= 0.6 is 11.8 Å². The summed E-state index contributed by atoms with van der Waals surface area (Å²) < 4.78 is 7.37. The Kier molecular flexibility index (Phi) is 3.93. The van der Waals surface area contributed by atoms with Gasteiger partial charge in [0.15, 0.2) is 16.6 Å². The van der Waals surface area contributed by atoms with Gasteiger partial charge in [-0.25, -0.2) is 0 Å². The van der Waals surface area contributed by atoms with Gasteiger partial charge < -0.3 is 4.52 Å². The maximum absolute atomic E-state index is 5.29. The maximum atomic E-state index is 5.29. The fraction of sp³-hybridized carbons (Fsp3) is 0.294. The van der Waals surface area contributed by atoms with Gasteiger partial charge in [-0.15, -0.1) is 10.2 Å². The number of pyridine rings is 1. The van der Waals surface area contributed by atoms with Crippen molar-refractivity contribution < 1.29 is 4.52 Å². The predicted octanol–water partition coefficient (Wildman–Crippen LogP) is 3.82. The highest BCUT2D eigenvalue weighted by Gasteiger charge is 2.13. The molecule has 0 aliphatic heterocycles. The summed E-state index contributed by atoms with van der Waals surface area (Å²) in [5.74, 6) is 1.97. The number of hydrogen-bond acceptors (Lipinski definition) is 6. The van der Waals surface area contributed by atoms with Crippen LogP contribution in [-0.2, 0) is 12.2 Å². The van der Waals surface area contributed by atoms with Gasteiger partial charge in [0.1, 0.15) is 0 Å². The first-order chi connectivity index (χ1) is 11.8. The Hall–Kier alpha value is -2.41. The van der Waals surface area contributed by atoms with Gasteiger partial charge in [-0.05, 0) is 31.0 Å². The SMILES string of the molecule is CCCc1noc(CSc2nnc3cc(C)c4ccccc4n23)n1. The van der Waals surface area contributed by atoms with Crippen LogP contribution in [0.4, 0.5) is 0 Å². The highest BCUT2D eigenvalue weighted by atomic mass is 32.2. The molecule has 4 rings (SSSR count). The third-order valence-corrected chi connectivity index (χ3v) is 4.80. The number of hydrogen-bond donors (Lipinski definition) is 0. The van der Waals surface area contributed by atoms with Crippen molar-refractivity contribution in [1.82, 2.24) is 24.7 Å². The van der Waals surface area contributed by atoms with E-state index >= 15 is 0 Å². The second-order valence-corrected chi connectivity index (χ2v) is 6.61. The Morgan fingerprint density at radius 2 is 2.08 bits per heavy atom. The Balaban J connectivity index is 1.68. The lowest BCUT2D eigenvalue weighted by Gasteiger charge is -2.06. The molecule has 0 saturated heterocycles. The fourth-order valence-electron chi connectivity index (χ4n) is 2.77. The average Bonchev–Trinajstić information content (AvgIpc) is 3.20. The minimum absolute atomic E-state index is 0.583. The van der Waals surface area contributed by atoms with Crippen molar-refractivity contribution in [3.05, 3.63) is 47.6 Å². The molecule has 0 radical (unpaired) electrons. The summed E-state index contributed by atoms with van der Waals surface area (Å²) in [7, 11) is 0. The van der Waals surface area contributed by atoms with Crippen LogP contribution in [-0.4, -0.2) is 24.7 Å². The van der Waals surface area contributed by atoms with Crippen LogP contribution in [0.25, 0.3) is 16.6 Å². The van der Waals surface area contributed by atoms with Crippen LogP contribution in [0.5, 0.6) is 0 Å². The van der Waals surface area contributed by atoms with Crippen LogP contribution in [0, 0.1) is 6.92 Å². The van der Waals surface area contributed by atoms with Crippen molar-refractivity contribution in [2.45, 2.75) is 37.6 Å². The first kappa shape index (κ1) is 15.1. The average molecular weight is 339 g/mol. The molecule has 4 aromatic rings. The monoisotopic (exact) mass is 339 g/mol. The first-order valence-electron chi connectivity index (χ1n) is 7.94. The van der Waals surface area contributed by atoms with Crippen molar-refractivity contribution in [3.8, 4) is 0 Å². The van der Waals surface area contributed by atoms with E-state index in [1.165, 1.54) is 10.9 Å². The van der Waals surface area contributed by atoms with Gasteiger partial charge in [-0.3, -0.25) is 4.40 Å². The molecule has 0 amide bonds. The number of para-hydroxylation sites is 1. The van der Waals surface area contributed by atoms with Crippen molar-refractivity contribution in [3.63, 3.8) is 0 Å². The Morgan fingerprint density at radius 1 is 1.21 bits per heavy atom. The zero-order valence-electron chi connectivity index (χ0n) is 13.6. The van der Waals surface area contributed by atoms with Gasteiger partial charge in [-0.1, -0.05) is 42.0 Å². The van der Waals surface area contributed by atoms with E-state index < -0.39 is 0 Å². The van der Waals surface area contributed by atoms with E-state index in [2.05, 4.69) is 56.8 Å². The lowest BCUT2D eigenvalue weighted by Crippen LogP contribution is -1.93. The van der Waals surface area contributed by atoms with Crippen LogP contribution in [0.3, 0.4) is 0 Å². The molecular formula is C17H17N5OS. The summed E-state index contributed by atoms with van der Waals surface area (Å²) in [6.07, 6.45) is 1.85. The van der Waals surface area contributed by atoms with Gasteiger partial charge in [0.25, 0.3) is 0 Å². The second kappa shape index (κ2) is 6.24. The van der Waals surface area contributed by atoms with E-state index in [9.17, 15) is 0 Å². The van der Waals surface area contributed by atoms with Gasteiger partial charge in [0, 0.05) is 11.8 Å². The Labute approximate surface area is 143 Å². The highest BCUT2D eigenvalue weighted by molar-refractivity contribution is 7.98. The number of thioether (sulfide) groups is 1. The molecule has 3 aromatic heterocycles. The Bertz CT molecular complexity index is 1010. The first-order valence-corrected chi connectivity index (χ1v) is 8.92. The van der Waals surface area contributed by atoms with E-state index in [-0.39, 0.29) is 0 Å². The molecule has 0 fully saturated rings. The predicted molar refractivity (Wildman–Crippen MR) is 93.1 cm³/mol. The number of benzene rings is 1. The van der Waals surface area contributed by atoms with Crippen molar-refractivity contribution >= 4 is 28.3 Å². The minimum atomic E-state index is 0.583. The summed E-state index contributed by atoms with van der Waals surface area (Å²) in [5, 5.41) is 14.7. The van der Waals surface area contributed by atoms with E-state index in [4.69, 9.17) is 4.52 Å². The van der Waals surface area contributed by atoms with Crippen LogP contribution in [0.1, 0.15) is 30.6 Å². The van der Waals surface area contributed by atoms with Crippen LogP contribution < -0.4 is 0 Å². The zero-order valence-corrected chi connectivity index (χ0v) is 14.4. The molecule has 0 spiro atoms. The van der Waals surface area contributed by atoms with E-state index in [1.54, 1.807) is 11.8 Å². The van der Waals surface area contributed by atoms with Crippen molar-refractivity contribution in [2.24, 2.45) is 0 Å². The standard InChI is InChI=1S/C17H17N5OS/c1-3-6-14-18-16(23-21-14)10-24-17-20-19-15-9-11(2)12-7-4-5-8-13(12)22(15)17/h4-5,7-9H,3,6,10H2,1-2H3. The van der Waals surface area contributed by atoms with Gasteiger partial charge in [-0.2, -0.15) is 4.98 Å². The maximum Gasteiger partial charge on any atom is 0.237 e. The molecule has 24 heavy (non-hydrogen) atoms. The van der Waals surface area contributed by atoms with Crippen LogP contribution in [0.15, 0.2) is 40.0 Å². The fourth-order valence-corrected chi connectivity index (χ4v) is 3.56. The number of aryl methyl sites for hydroxylation is 2. The van der Waals surface area contributed by atoms with E-state index in [0.717, 1.165) is 35.0 Å². The molecule has 6 nitrogen and oxygen atoms in total. The van der Waals surface area contributed by atoms with E-state index in [0.29, 0.717) is 11.6 Å². The molecule has 0 atom stereocenters. The molecule has 122 valence electrons.